The van der Waals surface area contributed by atoms with Gasteiger partial charge in [-0.05, 0) is 49.7 Å². The quantitative estimate of drug-likeness (QED) is 0.543. The van der Waals surface area contributed by atoms with E-state index in [2.05, 4.69) is 10.3 Å². The molecule has 0 saturated heterocycles. The van der Waals surface area contributed by atoms with Crippen LogP contribution >= 0.6 is 34.5 Å². The maximum absolute atomic E-state index is 13.8. The van der Waals surface area contributed by atoms with Crippen LogP contribution in [0.4, 0.5) is 5.69 Å². The van der Waals surface area contributed by atoms with E-state index >= 15 is 0 Å². The number of hydrogen-bond donors (Lipinski definition) is 1. The maximum Gasteiger partial charge on any atom is 0.338 e. The zero-order chi connectivity index (χ0) is 24.1. The van der Waals surface area contributed by atoms with Crippen LogP contribution in [0.2, 0.25) is 10.0 Å². The molecule has 1 amide bonds. The highest BCUT2D eigenvalue weighted by atomic mass is 35.5. The molecule has 0 unspecified atom stereocenters. The Balaban J connectivity index is 1.82. The minimum atomic E-state index is -0.787. The van der Waals surface area contributed by atoms with Crippen molar-refractivity contribution in [2.45, 2.75) is 19.9 Å². The van der Waals surface area contributed by atoms with Crippen LogP contribution in [-0.2, 0) is 14.3 Å². The maximum atomic E-state index is 13.8. The highest BCUT2D eigenvalue weighted by Crippen LogP contribution is 2.33. The van der Waals surface area contributed by atoms with Gasteiger partial charge in [0.25, 0.3) is 11.5 Å². The van der Waals surface area contributed by atoms with Crippen LogP contribution in [0.25, 0.3) is 5.57 Å². The van der Waals surface area contributed by atoms with Crippen molar-refractivity contribution in [1.82, 2.24) is 4.57 Å². The van der Waals surface area contributed by atoms with E-state index in [0.717, 1.165) is 11.3 Å². The zero-order valence-corrected chi connectivity index (χ0v) is 20.3. The van der Waals surface area contributed by atoms with Crippen molar-refractivity contribution in [2.75, 3.05) is 11.9 Å². The molecule has 1 aromatic heterocycles. The van der Waals surface area contributed by atoms with E-state index in [1.807, 2.05) is 0 Å². The molecule has 2 aromatic carbocycles. The van der Waals surface area contributed by atoms with Gasteiger partial charge in [-0.3, -0.25) is 14.2 Å². The van der Waals surface area contributed by atoms with Crippen LogP contribution in [0.5, 0.6) is 0 Å². The van der Waals surface area contributed by atoms with Crippen molar-refractivity contribution >= 4 is 57.7 Å². The number of anilines is 1. The second kappa shape index (κ2) is 8.54. The van der Waals surface area contributed by atoms with Gasteiger partial charge in [-0.25, -0.2) is 9.79 Å². The molecule has 0 bridgehead atoms. The third-order valence-electron chi connectivity index (χ3n) is 5.63. The molecule has 5 rings (SSSR count). The summed E-state index contributed by atoms with van der Waals surface area (Å²) in [4.78, 5) is 44.5. The van der Waals surface area contributed by atoms with Gasteiger partial charge in [-0.15, -0.1) is 0 Å². The van der Waals surface area contributed by atoms with Gasteiger partial charge in [0.2, 0.25) is 0 Å². The molecule has 1 N–H and O–H groups in total. The number of thiazole rings is 1. The average molecular weight is 514 g/mol. The lowest BCUT2D eigenvalue weighted by atomic mass is 9.96. The number of hydrogen-bond acceptors (Lipinski definition) is 6. The number of allylic oxidation sites excluding steroid dienone is 1. The topological polar surface area (TPSA) is 89.8 Å². The van der Waals surface area contributed by atoms with Crippen molar-refractivity contribution in [3.8, 4) is 0 Å². The predicted octanol–water partition coefficient (Wildman–Crippen LogP) is 3.43. The van der Waals surface area contributed by atoms with Crippen LogP contribution in [0, 0.1) is 0 Å². The van der Waals surface area contributed by atoms with E-state index in [1.165, 1.54) is 4.57 Å². The molecule has 172 valence electrons. The van der Waals surface area contributed by atoms with Crippen LogP contribution in [0.15, 0.2) is 63.5 Å². The molecule has 1 atom stereocenters. The van der Waals surface area contributed by atoms with Gasteiger partial charge in [-0.1, -0.05) is 46.7 Å². The van der Waals surface area contributed by atoms with Gasteiger partial charge in [0.15, 0.2) is 4.80 Å². The van der Waals surface area contributed by atoms with Crippen molar-refractivity contribution < 1.29 is 14.3 Å². The lowest BCUT2D eigenvalue weighted by Gasteiger charge is -2.24. The highest BCUT2D eigenvalue weighted by molar-refractivity contribution is 7.07. The summed E-state index contributed by atoms with van der Waals surface area (Å²) in [5.41, 5.74) is 2.28. The Kier molecular flexibility index (Phi) is 5.67. The summed E-state index contributed by atoms with van der Waals surface area (Å²) in [6.45, 7) is 3.59. The van der Waals surface area contributed by atoms with Crippen LogP contribution < -0.4 is 20.2 Å². The van der Waals surface area contributed by atoms with Crippen molar-refractivity contribution in [3.05, 3.63) is 94.6 Å². The van der Waals surface area contributed by atoms with E-state index in [9.17, 15) is 14.4 Å². The minimum absolute atomic E-state index is 0.176. The molecule has 3 aromatic rings. The van der Waals surface area contributed by atoms with Crippen LogP contribution in [0.3, 0.4) is 0 Å². The summed E-state index contributed by atoms with van der Waals surface area (Å²) in [5, 5.41) is 3.74. The fourth-order valence-electron chi connectivity index (χ4n) is 4.17. The van der Waals surface area contributed by atoms with E-state index in [0.29, 0.717) is 37.4 Å². The molecule has 10 heteroatoms. The van der Waals surface area contributed by atoms with Gasteiger partial charge in [0.05, 0.1) is 29.5 Å². The summed E-state index contributed by atoms with van der Waals surface area (Å²) in [5.74, 6) is -0.954. The second-order valence-corrected chi connectivity index (χ2v) is 9.54. The molecule has 0 aliphatic carbocycles. The Bertz CT molecular complexity index is 1590. The van der Waals surface area contributed by atoms with Crippen molar-refractivity contribution in [1.29, 1.82) is 0 Å². The van der Waals surface area contributed by atoms with Crippen LogP contribution in [0.1, 0.15) is 31.0 Å². The van der Waals surface area contributed by atoms with Crippen molar-refractivity contribution in [2.24, 2.45) is 4.99 Å². The lowest BCUT2D eigenvalue weighted by Crippen LogP contribution is -2.40. The number of fused-ring (bicyclic) bond motifs is 2. The summed E-state index contributed by atoms with van der Waals surface area (Å²) in [7, 11) is 0. The Morgan fingerprint density at radius 1 is 1.15 bits per heavy atom. The van der Waals surface area contributed by atoms with Crippen LogP contribution in [-0.4, -0.2) is 23.1 Å². The van der Waals surface area contributed by atoms with Gasteiger partial charge in [0, 0.05) is 21.3 Å². The van der Waals surface area contributed by atoms with Gasteiger partial charge < -0.3 is 10.1 Å². The first kappa shape index (κ1) is 22.6. The smallest absolute Gasteiger partial charge is 0.338 e. The Hall–Kier alpha value is -3.20. The number of carbonyl (C=O) groups excluding carboxylic acids is 2. The Labute approximate surface area is 207 Å². The Morgan fingerprint density at radius 3 is 2.56 bits per heavy atom. The molecular weight excluding hydrogens is 497 g/mol. The standard InChI is InChI=1S/C24H17Cl2N3O4S/c1-3-33-23(32)17-11(2)27-24-29(19(17)12-4-6-13(25)7-5-12)22(31)20(34-24)18-15-10-14(26)8-9-16(15)28-21(18)30/h4-10,19H,3H2,1-2H3,(H,28,30)/b20-18-/t19-/m0/s1. The monoisotopic (exact) mass is 513 g/mol. The summed E-state index contributed by atoms with van der Waals surface area (Å²) >= 11 is 13.3. The molecule has 0 spiro atoms. The predicted molar refractivity (Wildman–Crippen MR) is 131 cm³/mol. The molecule has 0 fully saturated rings. The fraction of sp³-hybridized carbons (Fsp3) is 0.167. The number of aromatic nitrogens is 1. The third kappa shape index (κ3) is 3.58. The summed E-state index contributed by atoms with van der Waals surface area (Å²) in [6.07, 6.45) is 0. The van der Waals surface area contributed by atoms with Gasteiger partial charge >= 0.3 is 5.97 Å². The fourth-order valence-corrected chi connectivity index (χ4v) is 5.61. The molecular formula is C24H17Cl2N3O4S. The SMILES string of the molecule is CCOC(=O)C1=C(C)N=c2s/c(=C3\C(=O)Nc4ccc(Cl)cc43)c(=O)n2[C@H]1c1ccc(Cl)cc1. The summed E-state index contributed by atoms with van der Waals surface area (Å²) < 4.78 is 6.94. The normalized spacial score (nSPS) is 18.2. The number of rotatable bonds is 3. The largest absolute Gasteiger partial charge is 0.463 e. The number of ether oxygens (including phenoxy) is 1. The molecule has 34 heavy (non-hydrogen) atoms. The molecule has 2 aliphatic heterocycles. The Morgan fingerprint density at radius 2 is 1.85 bits per heavy atom. The minimum Gasteiger partial charge on any atom is -0.463 e. The first-order chi connectivity index (χ1) is 16.3. The number of nitrogens with zero attached hydrogens (tertiary/aromatic N) is 2. The molecule has 7 nitrogen and oxygen atoms in total. The highest BCUT2D eigenvalue weighted by Gasteiger charge is 2.35. The number of benzene rings is 2. The first-order valence-corrected chi connectivity index (χ1v) is 12.0. The number of halogens is 2. The van der Waals surface area contributed by atoms with Gasteiger partial charge in [0.1, 0.15) is 4.53 Å². The van der Waals surface area contributed by atoms with E-state index < -0.39 is 23.5 Å². The van der Waals surface area contributed by atoms with Crippen molar-refractivity contribution in [3.63, 3.8) is 0 Å². The van der Waals surface area contributed by atoms with E-state index in [4.69, 9.17) is 27.9 Å². The number of amides is 1. The molecule has 3 heterocycles. The zero-order valence-electron chi connectivity index (χ0n) is 18.0. The molecule has 0 saturated carbocycles. The number of nitrogens with one attached hydrogen (secondary N) is 1. The molecule has 0 radical (unpaired) electrons. The van der Waals surface area contributed by atoms with E-state index in [1.54, 1.807) is 56.3 Å². The third-order valence-corrected chi connectivity index (χ3v) is 7.17. The number of carbonyl (C=O) groups is 2. The van der Waals surface area contributed by atoms with Gasteiger partial charge in [-0.2, -0.15) is 0 Å². The second-order valence-electron chi connectivity index (χ2n) is 7.69. The number of esters is 1. The van der Waals surface area contributed by atoms with E-state index in [-0.39, 0.29) is 22.3 Å². The molecule has 2 aliphatic rings. The first-order valence-electron chi connectivity index (χ1n) is 10.4. The summed E-state index contributed by atoms with van der Waals surface area (Å²) in [6, 6.07) is 11.1. The lowest BCUT2D eigenvalue weighted by molar-refractivity contribution is -0.139. The average Bonchev–Trinajstić information content (AvgIpc) is 3.28.